The lowest BCUT2D eigenvalue weighted by molar-refractivity contribution is -0.530. The number of benzene rings is 1. The van der Waals surface area contributed by atoms with E-state index in [4.69, 9.17) is 0 Å². The number of rotatable bonds is 11. The van der Waals surface area contributed by atoms with Crippen LogP contribution in [0, 0.1) is 6.92 Å². The quantitative estimate of drug-likeness (QED) is 0.456. The molecule has 154 valence electrons. The lowest BCUT2D eigenvalue weighted by Crippen LogP contribution is -2.85. The molecule has 2 N–H and O–H groups in total. The largest absolute Gasteiger partial charge is 0.744 e. The van der Waals surface area contributed by atoms with Crippen molar-refractivity contribution in [2.45, 2.75) is 83.0 Å². The van der Waals surface area contributed by atoms with E-state index in [0.717, 1.165) is 6.54 Å². The summed E-state index contributed by atoms with van der Waals surface area (Å²) in [7, 11) is -4.28. The maximum atomic E-state index is 10.5. The number of hydrogen-bond acceptors (Lipinski definition) is 4. The molecule has 0 aliphatic carbocycles. The van der Waals surface area contributed by atoms with E-state index in [0.29, 0.717) is 5.56 Å². The number of quaternary nitrogens is 1. The lowest BCUT2D eigenvalue weighted by Gasteiger charge is -2.08. The molecule has 1 aromatic carbocycles. The molecule has 0 unspecified atom stereocenters. The van der Waals surface area contributed by atoms with Gasteiger partial charge in [0.2, 0.25) is 0 Å². The van der Waals surface area contributed by atoms with E-state index < -0.39 is 10.1 Å². The van der Waals surface area contributed by atoms with Gasteiger partial charge in [-0.1, -0.05) is 76.5 Å². The van der Waals surface area contributed by atoms with Crippen LogP contribution in [0.4, 0.5) is 0 Å². The molecule has 0 aromatic heterocycles. The Kier molecular flexibility index (Phi) is 12.2. The molecule has 5 nitrogen and oxygen atoms in total. The molecule has 27 heavy (non-hydrogen) atoms. The first-order valence-electron chi connectivity index (χ1n) is 10.3. The van der Waals surface area contributed by atoms with Crippen molar-refractivity contribution >= 4 is 16.0 Å². The van der Waals surface area contributed by atoms with Crippen molar-refractivity contribution in [3.05, 3.63) is 29.8 Å². The zero-order valence-corrected chi connectivity index (χ0v) is 17.8. The third-order valence-corrected chi connectivity index (χ3v) is 5.72. The zero-order chi connectivity index (χ0) is 20.0. The van der Waals surface area contributed by atoms with Crippen LogP contribution in [-0.4, -0.2) is 31.9 Å². The molecule has 0 fully saturated rings. The molecule has 0 saturated carbocycles. The molecule has 2 rings (SSSR count). The molecule has 0 amide bonds. The Labute approximate surface area is 165 Å². The summed E-state index contributed by atoms with van der Waals surface area (Å²) in [5.74, 6) is 1.38. The van der Waals surface area contributed by atoms with E-state index in [1.807, 2.05) is 0 Å². The van der Waals surface area contributed by atoms with Crippen LogP contribution in [0.25, 0.3) is 0 Å². The van der Waals surface area contributed by atoms with E-state index in [1.165, 1.54) is 88.7 Å². The highest BCUT2D eigenvalue weighted by molar-refractivity contribution is 7.85. The average molecular weight is 397 g/mol. The minimum atomic E-state index is -4.28. The predicted molar refractivity (Wildman–Crippen MR) is 110 cm³/mol. The minimum Gasteiger partial charge on any atom is -0.744 e. The van der Waals surface area contributed by atoms with Crippen LogP contribution in [0.1, 0.15) is 76.7 Å². The zero-order valence-electron chi connectivity index (χ0n) is 17.0. The molecule has 1 aliphatic heterocycles. The normalized spacial score (nSPS) is 13.8. The Morgan fingerprint density at radius 3 is 2.07 bits per heavy atom. The van der Waals surface area contributed by atoms with E-state index in [-0.39, 0.29) is 4.90 Å². The molecular weight excluding hydrogens is 360 g/mol. The van der Waals surface area contributed by atoms with Gasteiger partial charge in [-0.2, -0.15) is 0 Å². The SMILES string of the molecule is CCCCCCCCCCCC1=NCC[NH2+]1.Cc1ccccc1S(=O)(=O)[O-]. The molecule has 1 aliphatic rings. The van der Waals surface area contributed by atoms with Gasteiger partial charge in [0.15, 0.2) is 5.84 Å². The second-order valence-electron chi connectivity index (χ2n) is 7.16. The van der Waals surface area contributed by atoms with Gasteiger partial charge in [0.1, 0.15) is 16.7 Å². The summed E-state index contributed by atoms with van der Waals surface area (Å²) in [4.78, 5) is 4.33. The molecule has 0 saturated heterocycles. The van der Waals surface area contributed by atoms with Crippen LogP contribution in [0.15, 0.2) is 34.2 Å². The second-order valence-corrected chi connectivity index (χ2v) is 8.51. The highest BCUT2D eigenvalue weighted by Crippen LogP contribution is 2.12. The van der Waals surface area contributed by atoms with Crippen molar-refractivity contribution in [1.29, 1.82) is 0 Å². The molecular formula is C21H36N2O3S. The average Bonchev–Trinajstić information content (AvgIpc) is 3.14. The summed E-state index contributed by atoms with van der Waals surface area (Å²) in [6.45, 7) is 6.10. The molecule has 0 radical (unpaired) electrons. The third kappa shape index (κ3) is 11.3. The fourth-order valence-electron chi connectivity index (χ4n) is 3.14. The summed E-state index contributed by atoms with van der Waals surface area (Å²) in [5.41, 5.74) is 0.488. The van der Waals surface area contributed by atoms with Crippen LogP contribution >= 0.6 is 0 Å². The number of amidine groups is 1. The monoisotopic (exact) mass is 396 g/mol. The van der Waals surface area contributed by atoms with Crippen molar-refractivity contribution in [3.8, 4) is 0 Å². The van der Waals surface area contributed by atoms with Crippen LogP contribution in [-0.2, 0) is 10.1 Å². The van der Waals surface area contributed by atoms with Crippen molar-refractivity contribution in [1.82, 2.24) is 0 Å². The molecule has 0 spiro atoms. The van der Waals surface area contributed by atoms with Crippen molar-refractivity contribution in [2.75, 3.05) is 13.1 Å². The first-order valence-corrected chi connectivity index (χ1v) is 11.7. The first-order chi connectivity index (χ1) is 12.9. The number of aryl methyl sites for hydroxylation is 1. The second kappa shape index (κ2) is 13.9. The Morgan fingerprint density at radius 1 is 1.00 bits per heavy atom. The molecule has 0 bridgehead atoms. The van der Waals surface area contributed by atoms with E-state index in [9.17, 15) is 13.0 Å². The Bertz CT molecular complexity index is 657. The molecule has 1 heterocycles. The van der Waals surface area contributed by atoms with Gasteiger partial charge in [-0.15, -0.1) is 0 Å². The summed E-state index contributed by atoms with van der Waals surface area (Å²) < 4.78 is 31.5. The highest BCUT2D eigenvalue weighted by atomic mass is 32.2. The van der Waals surface area contributed by atoms with E-state index in [2.05, 4.69) is 17.2 Å². The fraction of sp³-hybridized carbons (Fsp3) is 0.667. The van der Waals surface area contributed by atoms with Crippen LogP contribution < -0.4 is 5.32 Å². The fourth-order valence-corrected chi connectivity index (χ4v) is 3.85. The van der Waals surface area contributed by atoms with E-state index >= 15 is 0 Å². The van der Waals surface area contributed by atoms with Crippen LogP contribution in [0.3, 0.4) is 0 Å². The number of aliphatic imine (C=N–C) groups is 1. The molecule has 6 heteroatoms. The van der Waals surface area contributed by atoms with Gasteiger partial charge < -0.3 is 4.55 Å². The van der Waals surface area contributed by atoms with Gasteiger partial charge in [-0.25, -0.2) is 13.4 Å². The van der Waals surface area contributed by atoms with Crippen molar-refractivity contribution < 1.29 is 18.3 Å². The standard InChI is InChI=1S/C14H28N2.C7H8O3S/c1-2-3-4-5-6-7-8-9-10-11-14-15-12-13-16-14;1-6-4-2-3-5-7(6)11(8,9)10/h2-13H2,1H3,(H,15,16);2-5H,1H3,(H,8,9,10). The Morgan fingerprint density at radius 2 is 1.59 bits per heavy atom. The van der Waals surface area contributed by atoms with Gasteiger partial charge in [-0.05, 0) is 25.0 Å². The maximum Gasteiger partial charge on any atom is 0.195 e. The van der Waals surface area contributed by atoms with Crippen LogP contribution in [0.2, 0.25) is 0 Å². The number of hydrogen-bond donors (Lipinski definition) is 1. The molecule has 1 aromatic rings. The summed E-state index contributed by atoms with van der Waals surface area (Å²) in [5, 5.41) is 2.31. The smallest absolute Gasteiger partial charge is 0.195 e. The van der Waals surface area contributed by atoms with E-state index in [1.54, 1.807) is 19.1 Å². The Balaban J connectivity index is 0.000000289. The minimum absolute atomic E-state index is 0.139. The van der Waals surface area contributed by atoms with Gasteiger partial charge >= 0.3 is 0 Å². The first kappa shape index (κ1) is 23.8. The van der Waals surface area contributed by atoms with Crippen molar-refractivity contribution in [2.24, 2.45) is 4.99 Å². The number of unbranched alkanes of at least 4 members (excludes halogenated alkanes) is 8. The topological polar surface area (TPSA) is 86.2 Å². The maximum absolute atomic E-state index is 10.5. The summed E-state index contributed by atoms with van der Waals surface area (Å²) in [6.07, 6.45) is 14.0. The van der Waals surface area contributed by atoms with Gasteiger partial charge in [0, 0.05) is 6.42 Å². The lowest BCUT2D eigenvalue weighted by atomic mass is 10.1. The van der Waals surface area contributed by atoms with Gasteiger partial charge in [-0.3, -0.25) is 5.32 Å². The molecule has 0 atom stereocenters. The third-order valence-electron chi connectivity index (χ3n) is 4.72. The van der Waals surface area contributed by atoms with Crippen molar-refractivity contribution in [3.63, 3.8) is 0 Å². The van der Waals surface area contributed by atoms with Crippen LogP contribution in [0.5, 0.6) is 0 Å². The van der Waals surface area contributed by atoms with Gasteiger partial charge in [0.05, 0.1) is 11.4 Å². The Hall–Kier alpha value is -1.24. The predicted octanol–water partition coefficient (Wildman–Crippen LogP) is 3.78. The number of nitrogens with zero attached hydrogens (tertiary/aromatic N) is 1. The van der Waals surface area contributed by atoms with Gasteiger partial charge in [0.25, 0.3) is 0 Å². The number of nitrogens with two attached hydrogens (primary N) is 1. The summed E-state index contributed by atoms with van der Waals surface area (Å²) >= 11 is 0. The highest BCUT2D eigenvalue weighted by Gasteiger charge is 2.08. The summed E-state index contributed by atoms with van der Waals surface area (Å²) in [6, 6.07) is 6.10.